The van der Waals surface area contributed by atoms with Gasteiger partial charge in [-0.05, 0) is 24.3 Å². The normalized spacial score (nSPS) is 11.0. The van der Waals surface area contributed by atoms with Gasteiger partial charge in [-0.15, -0.1) is 0 Å². The molecular weight excluding hydrogens is 342 g/mol. The van der Waals surface area contributed by atoms with Crippen molar-refractivity contribution in [2.75, 3.05) is 23.8 Å². The molecule has 2 heterocycles. The molecule has 6 nitrogen and oxygen atoms in total. The number of benzene rings is 2. The van der Waals surface area contributed by atoms with Crippen molar-refractivity contribution in [3.63, 3.8) is 0 Å². The first-order valence-corrected chi connectivity index (χ1v) is 8.83. The Morgan fingerprint density at radius 3 is 2.83 bits per heavy atom. The van der Waals surface area contributed by atoms with Gasteiger partial charge in [0.2, 0.25) is 5.91 Å². The lowest BCUT2D eigenvalue weighted by molar-refractivity contribution is -0.114. The number of nitrogens with zero attached hydrogens (tertiary/aromatic N) is 4. The topological polar surface area (TPSA) is 71.0 Å². The fourth-order valence-electron chi connectivity index (χ4n) is 2.40. The minimum absolute atomic E-state index is 0.114. The minimum Gasteiger partial charge on any atom is -0.342 e. The molecule has 2 aromatic heterocycles. The van der Waals surface area contributed by atoms with Crippen molar-refractivity contribution in [1.82, 2.24) is 13.7 Å². The number of para-hydroxylation sites is 1. The van der Waals surface area contributed by atoms with Gasteiger partial charge in [0.1, 0.15) is 11.0 Å². The fourth-order valence-corrected chi connectivity index (χ4v) is 3.88. The number of hydrogen-bond acceptors (Lipinski definition) is 7. The minimum atomic E-state index is -0.114. The first kappa shape index (κ1) is 15.0. The molecule has 0 aliphatic rings. The third-order valence-corrected chi connectivity index (χ3v) is 5.24. The van der Waals surface area contributed by atoms with Gasteiger partial charge < -0.3 is 10.2 Å². The summed E-state index contributed by atoms with van der Waals surface area (Å²) >= 11 is 2.71. The third kappa shape index (κ3) is 2.81. The lowest BCUT2D eigenvalue weighted by Gasteiger charge is -2.15. The van der Waals surface area contributed by atoms with Crippen LogP contribution in [0.4, 0.5) is 10.8 Å². The Balaban J connectivity index is 1.50. The van der Waals surface area contributed by atoms with E-state index < -0.39 is 0 Å². The molecule has 2 aromatic carbocycles. The molecule has 120 valence electrons. The number of anilines is 2. The smallest absolute Gasteiger partial charge is 0.244 e. The van der Waals surface area contributed by atoms with Gasteiger partial charge in [-0.2, -0.15) is 8.75 Å². The Morgan fingerprint density at radius 2 is 1.96 bits per heavy atom. The van der Waals surface area contributed by atoms with Crippen LogP contribution in [-0.4, -0.2) is 33.2 Å². The Kier molecular flexibility index (Phi) is 3.83. The highest BCUT2D eigenvalue weighted by Crippen LogP contribution is 2.27. The van der Waals surface area contributed by atoms with Gasteiger partial charge in [0.05, 0.1) is 34.2 Å². The number of likely N-dealkylation sites (N-methyl/N-ethyl adjacent to an activating group) is 1. The number of rotatable bonds is 4. The van der Waals surface area contributed by atoms with E-state index in [9.17, 15) is 4.79 Å². The monoisotopic (exact) mass is 355 g/mol. The van der Waals surface area contributed by atoms with Crippen molar-refractivity contribution in [1.29, 1.82) is 0 Å². The van der Waals surface area contributed by atoms with Gasteiger partial charge in [-0.25, -0.2) is 4.98 Å². The molecule has 0 saturated carbocycles. The van der Waals surface area contributed by atoms with Crippen LogP contribution in [0.1, 0.15) is 0 Å². The number of fused-ring (bicyclic) bond motifs is 2. The average molecular weight is 355 g/mol. The summed E-state index contributed by atoms with van der Waals surface area (Å²) in [6.07, 6.45) is 0. The van der Waals surface area contributed by atoms with Crippen LogP contribution < -0.4 is 10.2 Å². The van der Waals surface area contributed by atoms with Gasteiger partial charge >= 0.3 is 0 Å². The molecule has 0 fully saturated rings. The molecule has 24 heavy (non-hydrogen) atoms. The van der Waals surface area contributed by atoms with Crippen LogP contribution in [0.2, 0.25) is 0 Å². The summed E-state index contributed by atoms with van der Waals surface area (Å²) < 4.78 is 9.52. The maximum Gasteiger partial charge on any atom is 0.244 e. The summed E-state index contributed by atoms with van der Waals surface area (Å²) in [6.45, 7) is 0.216. The highest BCUT2D eigenvalue weighted by molar-refractivity contribution is 7.22. The van der Waals surface area contributed by atoms with Crippen LogP contribution >= 0.6 is 23.1 Å². The summed E-state index contributed by atoms with van der Waals surface area (Å²) in [5.74, 6) is -0.114. The largest absolute Gasteiger partial charge is 0.342 e. The maximum absolute atomic E-state index is 12.4. The molecule has 8 heteroatoms. The molecule has 1 amide bonds. The van der Waals surface area contributed by atoms with E-state index in [-0.39, 0.29) is 12.5 Å². The zero-order chi connectivity index (χ0) is 16.5. The van der Waals surface area contributed by atoms with E-state index in [1.807, 2.05) is 54.4 Å². The lowest BCUT2D eigenvalue weighted by Crippen LogP contribution is -2.30. The average Bonchev–Trinajstić information content (AvgIpc) is 3.21. The van der Waals surface area contributed by atoms with Crippen LogP contribution in [0.15, 0.2) is 42.5 Å². The van der Waals surface area contributed by atoms with Crippen molar-refractivity contribution in [2.45, 2.75) is 0 Å². The number of thiazole rings is 1. The standard InChI is InChI=1S/C16H13N5OS2/c1-21(16-18-10-5-2-3-8-13(10)23-16)9-14(22)17-11-6-4-7-12-15(11)20-24-19-12/h2-8H,9H2,1H3,(H,17,22). The van der Waals surface area contributed by atoms with Gasteiger partial charge in [0.15, 0.2) is 5.13 Å². The molecular formula is C16H13N5OS2. The Labute approximate surface area is 146 Å². The predicted octanol–water partition coefficient (Wildman–Crippen LogP) is 3.38. The summed E-state index contributed by atoms with van der Waals surface area (Å²) in [5, 5.41) is 3.73. The first-order chi connectivity index (χ1) is 11.7. The second-order valence-electron chi connectivity index (χ2n) is 5.31. The van der Waals surface area contributed by atoms with Crippen molar-refractivity contribution >= 4 is 61.0 Å². The van der Waals surface area contributed by atoms with E-state index in [1.54, 1.807) is 11.3 Å². The molecule has 1 N–H and O–H groups in total. The number of amides is 1. The van der Waals surface area contributed by atoms with E-state index in [2.05, 4.69) is 19.0 Å². The lowest BCUT2D eigenvalue weighted by atomic mass is 10.2. The van der Waals surface area contributed by atoms with Crippen molar-refractivity contribution in [3.8, 4) is 0 Å². The second kappa shape index (κ2) is 6.14. The van der Waals surface area contributed by atoms with Crippen LogP contribution in [0, 0.1) is 0 Å². The number of hydrogen-bond donors (Lipinski definition) is 1. The highest BCUT2D eigenvalue weighted by atomic mass is 32.1. The van der Waals surface area contributed by atoms with Gasteiger partial charge in [-0.1, -0.05) is 29.5 Å². The number of nitrogens with one attached hydrogen (secondary N) is 1. The highest BCUT2D eigenvalue weighted by Gasteiger charge is 2.13. The Morgan fingerprint density at radius 1 is 1.12 bits per heavy atom. The second-order valence-corrected chi connectivity index (χ2v) is 6.84. The van der Waals surface area contributed by atoms with E-state index in [4.69, 9.17) is 0 Å². The van der Waals surface area contributed by atoms with Crippen molar-refractivity contribution < 1.29 is 4.79 Å². The Hall–Kier alpha value is -2.58. The number of carbonyl (C=O) groups excluding carboxylic acids is 1. The van der Waals surface area contributed by atoms with E-state index in [0.29, 0.717) is 5.69 Å². The fraction of sp³-hybridized carbons (Fsp3) is 0.125. The maximum atomic E-state index is 12.4. The van der Waals surface area contributed by atoms with Gasteiger partial charge in [-0.3, -0.25) is 4.79 Å². The number of carbonyl (C=O) groups is 1. The first-order valence-electron chi connectivity index (χ1n) is 7.28. The molecule has 0 radical (unpaired) electrons. The summed E-state index contributed by atoms with van der Waals surface area (Å²) in [6, 6.07) is 13.5. The van der Waals surface area contributed by atoms with Crippen LogP contribution in [-0.2, 0) is 4.79 Å². The molecule has 0 unspecified atom stereocenters. The van der Waals surface area contributed by atoms with Gasteiger partial charge in [0.25, 0.3) is 0 Å². The summed E-state index contributed by atoms with van der Waals surface area (Å²) in [5.41, 5.74) is 3.14. The predicted molar refractivity (Wildman–Crippen MR) is 98.9 cm³/mol. The van der Waals surface area contributed by atoms with E-state index in [0.717, 1.165) is 38.1 Å². The van der Waals surface area contributed by atoms with E-state index in [1.165, 1.54) is 0 Å². The molecule has 0 aliphatic carbocycles. The Bertz CT molecular complexity index is 992. The third-order valence-electron chi connectivity index (χ3n) is 3.55. The van der Waals surface area contributed by atoms with E-state index >= 15 is 0 Å². The zero-order valence-corrected chi connectivity index (χ0v) is 14.4. The van der Waals surface area contributed by atoms with Crippen LogP contribution in [0.3, 0.4) is 0 Å². The molecule has 0 atom stereocenters. The molecule has 0 aliphatic heterocycles. The van der Waals surface area contributed by atoms with Gasteiger partial charge in [0, 0.05) is 7.05 Å². The molecule has 0 bridgehead atoms. The number of aromatic nitrogens is 3. The van der Waals surface area contributed by atoms with Crippen LogP contribution in [0.5, 0.6) is 0 Å². The SMILES string of the molecule is CN(CC(=O)Nc1cccc2nsnc12)c1nc2ccccc2s1. The van der Waals surface area contributed by atoms with Crippen LogP contribution in [0.25, 0.3) is 21.3 Å². The van der Waals surface area contributed by atoms with Crippen molar-refractivity contribution in [2.24, 2.45) is 0 Å². The van der Waals surface area contributed by atoms with Crippen molar-refractivity contribution in [3.05, 3.63) is 42.5 Å². The molecule has 4 rings (SSSR count). The molecule has 4 aromatic rings. The molecule has 0 spiro atoms. The summed E-state index contributed by atoms with van der Waals surface area (Å²) in [7, 11) is 1.86. The molecule has 0 saturated heterocycles. The summed E-state index contributed by atoms with van der Waals surface area (Å²) in [4.78, 5) is 18.8. The zero-order valence-electron chi connectivity index (χ0n) is 12.8. The quantitative estimate of drug-likeness (QED) is 0.608.